The summed E-state index contributed by atoms with van der Waals surface area (Å²) in [4.78, 5) is 0. The van der Waals surface area contributed by atoms with Crippen LogP contribution < -0.4 is 0 Å². The molecular formula is C25H30O3. The van der Waals surface area contributed by atoms with Gasteiger partial charge in [-0.3, -0.25) is 0 Å². The zero-order valence-electron chi connectivity index (χ0n) is 17.4. The summed E-state index contributed by atoms with van der Waals surface area (Å²) in [7, 11) is 0. The lowest BCUT2D eigenvalue weighted by Crippen LogP contribution is -2.25. The van der Waals surface area contributed by atoms with Gasteiger partial charge in [-0.2, -0.15) is 0 Å². The Bertz CT molecular complexity index is 966. The molecule has 0 heterocycles. The molecule has 148 valence electrons. The van der Waals surface area contributed by atoms with Crippen molar-refractivity contribution in [2.45, 2.75) is 53.6 Å². The van der Waals surface area contributed by atoms with E-state index in [-0.39, 0.29) is 17.4 Å². The number of aliphatic hydroxyl groups excluding tert-OH is 1. The van der Waals surface area contributed by atoms with Crippen molar-refractivity contribution in [3.63, 3.8) is 0 Å². The van der Waals surface area contributed by atoms with Gasteiger partial charge in [0, 0.05) is 12.3 Å². The third-order valence-corrected chi connectivity index (χ3v) is 5.58. The molecule has 0 radical (unpaired) electrons. The summed E-state index contributed by atoms with van der Waals surface area (Å²) >= 11 is 0. The molecule has 0 saturated carbocycles. The normalized spacial score (nSPS) is 19.4. The molecule has 2 atom stereocenters. The van der Waals surface area contributed by atoms with Gasteiger partial charge in [0.25, 0.3) is 0 Å². The number of benzene rings is 2. The van der Waals surface area contributed by atoms with Gasteiger partial charge in [0.05, 0.1) is 6.10 Å². The zero-order valence-corrected chi connectivity index (χ0v) is 17.4. The molecule has 2 unspecified atom stereocenters. The molecule has 2 aromatic carbocycles. The molecule has 0 fully saturated rings. The van der Waals surface area contributed by atoms with E-state index in [9.17, 15) is 15.3 Å². The molecule has 3 nitrogen and oxygen atoms in total. The van der Waals surface area contributed by atoms with Gasteiger partial charge in [-0.25, -0.2) is 0 Å². The maximum Gasteiger partial charge on any atom is 0.122 e. The fraction of sp³-hybridized carbons (Fsp3) is 0.360. The summed E-state index contributed by atoms with van der Waals surface area (Å²) in [5, 5.41) is 31.9. The van der Waals surface area contributed by atoms with Crippen LogP contribution in [0.2, 0.25) is 0 Å². The van der Waals surface area contributed by atoms with Crippen LogP contribution in [0.1, 0.15) is 47.2 Å². The van der Waals surface area contributed by atoms with E-state index in [2.05, 4.69) is 6.08 Å². The number of hydrogen-bond acceptors (Lipinski definition) is 3. The second kappa shape index (κ2) is 7.84. The van der Waals surface area contributed by atoms with Gasteiger partial charge in [0.2, 0.25) is 0 Å². The monoisotopic (exact) mass is 378 g/mol. The van der Waals surface area contributed by atoms with Gasteiger partial charge >= 0.3 is 0 Å². The van der Waals surface area contributed by atoms with Gasteiger partial charge < -0.3 is 15.3 Å². The summed E-state index contributed by atoms with van der Waals surface area (Å²) in [6.45, 7) is 9.89. The highest BCUT2D eigenvalue weighted by Gasteiger charge is 2.24. The van der Waals surface area contributed by atoms with Gasteiger partial charge in [-0.15, -0.1) is 0 Å². The van der Waals surface area contributed by atoms with E-state index in [1.165, 1.54) is 0 Å². The molecule has 1 aliphatic carbocycles. The molecule has 2 aromatic rings. The lowest BCUT2D eigenvalue weighted by Gasteiger charge is -2.26. The molecule has 0 spiro atoms. The Hall–Kier alpha value is -2.52. The van der Waals surface area contributed by atoms with Crippen LogP contribution in [0.4, 0.5) is 0 Å². The van der Waals surface area contributed by atoms with E-state index in [0.29, 0.717) is 12.8 Å². The Labute approximate surface area is 167 Å². The van der Waals surface area contributed by atoms with Gasteiger partial charge in [-0.1, -0.05) is 53.1 Å². The average molecular weight is 379 g/mol. The fourth-order valence-electron chi connectivity index (χ4n) is 4.30. The number of aryl methyl sites for hydroxylation is 3. The predicted molar refractivity (Wildman–Crippen MR) is 114 cm³/mol. The average Bonchev–Trinajstić information content (AvgIpc) is 2.60. The van der Waals surface area contributed by atoms with Crippen molar-refractivity contribution in [2.24, 2.45) is 5.92 Å². The van der Waals surface area contributed by atoms with Crippen LogP contribution in [-0.4, -0.2) is 21.4 Å². The number of allylic oxidation sites excluding steroid dienone is 2. The first kappa shape index (κ1) is 20.2. The lowest BCUT2D eigenvalue weighted by atomic mass is 9.83. The Morgan fingerprint density at radius 3 is 2.04 bits per heavy atom. The molecule has 0 aromatic heterocycles. The third kappa shape index (κ3) is 4.15. The van der Waals surface area contributed by atoms with Crippen molar-refractivity contribution in [1.82, 2.24) is 0 Å². The van der Waals surface area contributed by atoms with Crippen LogP contribution in [-0.2, 0) is 12.8 Å². The van der Waals surface area contributed by atoms with Crippen molar-refractivity contribution in [1.29, 1.82) is 0 Å². The molecule has 3 N–H and O–H groups in total. The molecule has 0 aliphatic heterocycles. The van der Waals surface area contributed by atoms with Gasteiger partial charge in [0.15, 0.2) is 0 Å². The number of phenolic OH excluding ortho intramolecular Hbond substituents is 2. The lowest BCUT2D eigenvalue weighted by molar-refractivity contribution is 0.161. The van der Waals surface area contributed by atoms with Crippen LogP contribution in [0.5, 0.6) is 11.5 Å². The van der Waals surface area contributed by atoms with E-state index in [1.807, 2.05) is 65.0 Å². The Morgan fingerprint density at radius 2 is 1.36 bits per heavy atom. The summed E-state index contributed by atoms with van der Waals surface area (Å²) in [5.74, 6) is 0.491. The Balaban J connectivity index is 1.94. The first-order valence-electron chi connectivity index (χ1n) is 9.81. The number of hydrogen-bond donors (Lipinski definition) is 3. The first-order chi connectivity index (χ1) is 13.2. The fourth-order valence-corrected chi connectivity index (χ4v) is 4.30. The first-order valence-corrected chi connectivity index (χ1v) is 9.81. The molecule has 0 saturated heterocycles. The quantitative estimate of drug-likeness (QED) is 0.698. The third-order valence-electron chi connectivity index (χ3n) is 5.58. The topological polar surface area (TPSA) is 60.7 Å². The number of aromatic hydroxyl groups is 2. The molecular weight excluding hydrogens is 348 g/mol. The second-order valence-corrected chi connectivity index (χ2v) is 8.31. The smallest absolute Gasteiger partial charge is 0.122 e. The zero-order chi connectivity index (χ0) is 20.6. The minimum Gasteiger partial charge on any atom is -0.507 e. The van der Waals surface area contributed by atoms with Crippen molar-refractivity contribution >= 4 is 0 Å². The highest BCUT2D eigenvalue weighted by Crippen LogP contribution is 2.34. The highest BCUT2D eigenvalue weighted by molar-refractivity contribution is 5.50. The maximum absolute atomic E-state index is 11.0. The van der Waals surface area contributed by atoms with Crippen molar-refractivity contribution < 1.29 is 15.3 Å². The molecule has 0 amide bonds. The van der Waals surface area contributed by atoms with Gasteiger partial charge in [-0.05, 0) is 68.9 Å². The van der Waals surface area contributed by atoms with Crippen molar-refractivity contribution in [3.05, 3.63) is 80.9 Å². The highest BCUT2D eigenvalue weighted by atomic mass is 16.3. The standard InChI is InChI=1S/C25H30O3/c1-14-6-17(4)23(26)19(8-14)12-21-10-16(3)11-22(25(21)28)13-20-9-15(2)7-18(5)24(20)27/h6-11,19,23,26-28H,12-13H2,1-5H3. The van der Waals surface area contributed by atoms with Crippen LogP contribution in [0.15, 0.2) is 47.6 Å². The molecule has 3 rings (SSSR count). The van der Waals surface area contributed by atoms with Gasteiger partial charge in [0.1, 0.15) is 11.5 Å². The van der Waals surface area contributed by atoms with Crippen LogP contribution in [0.25, 0.3) is 0 Å². The number of phenols is 2. The molecule has 28 heavy (non-hydrogen) atoms. The Morgan fingerprint density at radius 1 is 0.786 bits per heavy atom. The van der Waals surface area contributed by atoms with E-state index in [1.54, 1.807) is 0 Å². The van der Waals surface area contributed by atoms with E-state index < -0.39 is 6.10 Å². The van der Waals surface area contributed by atoms with Crippen molar-refractivity contribution in [2.75, 3.05) is 0 Å². The van der Waals surface area contributed by atoms with Crippen molar-refractivity contribution in [3.8, 4) is 11.5 Å². The number of aliphatic hydroxyl groups is 1. The molecule has 3 heteroatoms. The van der Waals surface area contributed by atoms with Crippen LogP contribution in [0.3, 0.4) is 0 Å². The summed E-state index contributed by atoms with van der Waals surface area (Å²) in [5.41, 5.74) is 7.54. The van der Waals surface area contributed by atoms with Crippen LogP contribution in [0, 0.1) is 26.7 Å². The SMILES string of the molecule is CC1=CC(Cc2cc(C)cc(Cc3cc(C)cc(C)c3O)c2O)C(O)C(C)=C1. The van der Waals surface area contributed by atoms with Crippen LogP contribution >= 0.6 is 0 Å². The maximum atomic E-state index is 11.0. The summed E-state index contributed by atoms with van der Waals surface area (Å²) in [6.07, 6.45) is 4.59. The van der Waals surface area contributed by atoms with E-state index in [0.717, 1.165) is 44.5 Å². The number of rotatable bonds is 4. The second-order valence-electron chi connectivity index (χ2n) is 8.31. The minimum atomic E-state index is -0.532. The van der Waals surface area contributed by atoms with E-state index >= 15 is 0 Å². The summed E-state index contributed by atoms with van der Waals surface area (Å²) in [6, 6.07) is 7.88. The minimum absolute atomic E-state index is 0.0554. The largest absolute Gasteiger partial charge is 0.507 e. The Kier molecular flexibility index (Phi) is 5.66. The summed E-state index contributed by atoms with van der Waals surface area (Å²) < 4.78 is 0. The molecule has 1 aliphatic rings. The van der Waals surface area contributed by atoms with E-state index in [4.69, 9.17) is 0 Å². The predicted octanol–water partition coefficient (Wildman–Crippen LogP) is 5.04. The molecule has 0 bridgehead atoms.